The second-order valence-corrected chi connectivity index (χ2v) is 3.08. The zero-order valence-electron chi connectivity index (χ0n) is 7.65. The lowest BCUT2D eigenvalue weighted by Crippen LogP contribution is -1.99. The van der Waals surface area contributed by atoms with Crippen molar-refractivity contribution in [3.63, 3.8) is 0 Å². The highest BCUT2D eigenvalue weighted by atomic mass is 16.3. The summed E-state index contributed by atoms with van der Waals surface area (Å²) in [7, 11) is 0. The number of rotatable bonds is 1. The topological polar surface area (TPSA) is 50.4 Å². The van der Waals surface area contributed by atoms with Crippen LogP contribution in [0.25, 0.3) is 5.78 Å². The predicted octanol–water partition coefficient (Wildman–Crippen LogP) is 0.838. The van der Waals surface area contributed by atoms with Crippen LogP contribution in [0.5, 0.6) is 0 Å². The van der Waals surface area contributed by atoms with Crippen LogP contribution in [0.4, 0.5) is 0 Å². The van der Waals surface area contributed by atoms with Gasteiger partial charge in [0, 0.05) is 11.4 Å². The molecule has 4 nitrogen and oxygen atoms in total. The molecule has 0 spiro atoms. The smallest absolute Gasteiger partial charge is 0.234 e. The summed E-state index contributed by atoms with van der Waals surface area (Å²) in [6.07, 6.45) is 1.65. The number of aliphatic hydroxyl groups excluding tert-OH is 1. The Morgan fingerprint density at radius 2 is 2.23 bits per heavy atom. The summed E-state index contributed by atoms with van der Waals surface area (Å²) in [5.74, 6) is 0.654. The Bertz CT molecular complexity index is 447. The molecule has 0 saturated heterocycles. The van der Waals surface area contributed by atoms with Gasteiger partial charge in [-0.2, -0.15) is 0 Å². The largest absolute Gasteiger partial charge is 0.390 e. The van der Waals surface area contributed by atoms with E-state index >= 15 is 0 Å². The quantitative estimate of drug-likeness (QED) is 0.702. The number of hydrogen-bond donors (Lipinski definition) is 1. The first kappa shape index (κ1) is 8.19. The van der Waals surface area contributed by atoms with Crippen LogP contribution in [0, 0.1) is 13.8 Å². The van der Waals surface area contributed by atoms with Crippen LogP contribution in [-0.4, -0.2) is 19.5 Å². The number of fused-ring (bicyclic) bond motifs is 1. The number of aliphatic hydroxyl groups is 1. The Balaban J connectivity index is 2.82. The van der Waals surface area contributed by atoms with E-state index in [2.05, 4.69) is 9.97 Å². The minimum absolute atomic E-state index is 0.00719. The maximum atomic E-state index is 9.03. The highest BCUT2D eigenvalue weighted by Crippen LogP contribution is 2.09. The van der Waals surface area contributed by atoms with Crippen molar-refractivity contribution in [2.24, 2.45) is 0 Å². The average molecular weight is 177 g/mol. The summed E-state index contributed by atoms with van der Waals surface area (Å²) in [4.78, 5) is 8.35. The molecule has 0 aliphatic rings. The normalized spacial score (nSPS) is 11.0. The molecule has 0 radical (unpaired) electrons. The van der Waals surface area contributed by atoms with Crippen LogP contribution in [0.1, 0.15) is 17.1 Å². The van der Waals surface area contributed by atoms with Crippen molar-refractivity contribution in [1.29, 1.82) is 0 Å². The van der Waals surface area contributed by atoms with Gasteiger partial charge in [0.05, 0.1) is 18.5 Å². The summed E-state index contributed by atoms with van der Waals surface area (Å²) in [6, 6.07) is 1.97. The SMILES string of the molecule is Cc1cc(C)n2c(CO)cnc2n1. The lowest BCUT2D eigenvalue weighted by Gasteiger charge is -2.03. The number of nitrogens with zero attached hydrogens (tertiary/aromatic N) is 3. The van der Waals surface area contributed by atoms with Crippen molar-refractivity contribution in [2.75, 3.05) is 0 Å². The van der Waals surface area contributed by atoms with Crippen LogP contribution in [0.15, 0.2) is 12.3 Å². The molecule has 68 valence electrons. The van der Waals surface area contributed by atoms with E-state index in [-0.39, 0.29) is 6.61 Å². The van der Waals surface area contributed by atoms with Crippen LogP contribution < -0.4 is 0 Å². The molecular weight excluding hydrogens is 166 g/mol. The summed E-state index contributed by atoms with van der Waals surface area (Å²) in [5, 5.41) is 9.03. The summed E-state index contributed by atoms with van der Waals surface area (Å²) in [5.41, 5.74) is 2.77. The number of imidazole rings is 1. The van der Waals surface area contributed by atoms with Crippen molar-refractivity contribution < 1.29 is 5.11 Å². The van der Waals surface area contributed by atoms with Crippen LogP contribution in [0.2, 0.25) is 0 Å². The molecule has 0 bridgehead atoms. The first-order valence-electron chi connectivity index (χ1n) is 4.14. The standard InChI is InChI=1S/C9H11N3O/c1-6-3-7(2)12-8(5-13)4-10-9(12)11-6/h3-4,13H,5H2,1-2H3. The average Bonchev–Trinajstić information content (AvgIpc) is 2.47. The van der Waals surface area contributed by atoms with E-state index < -0.39 is 0 Å². The Kier molecular flexibility index (Phi) is 1.77. The number of hydrogen-bond acceptors (Lipinski definition) is 3. The summed E-state index contributed by atoms with van der Waals surface area (Å²) < 4.78 is 1.85. The molecule has 2 heterocycles. The van der Waals surface area contributed by atoms with E-state index in [1.807, 2.05) is 24.3 Å². The van der Waals surface area contributed by atoms with E-state index in [0.717, 1.165) is 17.1 Å². The highest BCUT2D eigenvalue weighted by Gasteiger charge is 2.05. The third-order valence-corrected chi connectivity index (χ3v) is 2.03. The monoisotopic (exact) mass is 177 g/mol. The third-order valence-electron chi connectivity index (χ3n) is 2.03. The van der Waals surface area contributed by atoms with Crippen LogP contribution in [0.3, 0.4) is 0 Å². The molecule has 0 amide bonds. The molecule has 0 atom stereocenters. The van der Waals surface area contributed by atoms with Gasteiger partial charge in [-0.1, -0.05) is 0 Å². The first-order chi connectivity index (χ1) is 6.22. The van der Waals surface area contributed by atoms with E-state index in [1.165, 1.54) is 0 Å². The fraction of sp³-hybridized carbons (Fsp3) is 0.333. The third kappa shape index (κ3) is 1.19. The predicted molar refractivity (Wildman–Crippen MR) is 48.4 cm³/mol. The Hall–Kier alpha value is -1.42. The molecule has 0 unspecified atom stereocenters. The van der Waals surface area contributed by atoms with Gasteiger partial charge in [-0.15, -0.1) is 0 Å². The molecule has 13 heavy (non-hydrogen) atoms. The van der Waals surface area contributed by atoms with Crippen molar-refractivity contribution in [2.45, 2.75) is 20.5 Å². The van der Waals surface area contributed by atoms with Gasteiger partial charge in [0.2, 0.25) is 5.78 Å². The van der Waals surface area contributed by atoms with Gasteiger partial charge in [-0.3, -0.25) is 4.40 Å². The van der Waals surface area contributed by atoms with Gasteiger partial charge in [-0.25, -0.2) is 9.97 Å². The Morgan fingerprint density at radius 1 is 1.46 bits per heavy atom. The summed E-state index contributed by atoms with van der Waals surface area (Å²) >= 11 is 0. The van der Waals surface area contributed by atoms with E-state index in [9.17, 15) is 0 Å². The minimum Gasteiger partial charge on any atom is -0.390 e. The Labute approximate surface area is 75.9 Å². The van der Waals surface area contributed by atoms with Gasteiger partial charge in [0.25, 0.3) is 0 Å². The molecule has 0 aromatic carbocycles. The lowest BCUT2D eigenvalue weighted by molar-refractivity contribution is 0.275. The van der Waals surface area contributed by atoms with Crippen molar-refractivity contribution >= 4 is 5.78 Å². The van der Waals surface area contributed by atoms with Crippen molar-refractivity contribution in [3.05, 3.63) is 29.3 Å². The molecule has 0 saturated carbocycles. The second kappa shape index (κ2) is 2.81. The molecule has 2 aromatic rings. The van der Waals surface area contributed by atoms with E-state index in [1.54, 1.807) is 6.20 Å². The molecule has 4 heteroatoms. The molecule has 1 N–H and O–H groups in total. The van der Waals surface area contributed by atoms with Crippen molar-refractivity contribution in [1.82, 2.24) is 14.4 Å². The molecule has 2 aromatic heterocycles. The minimum atomic E-state index is -0.00719. The van der Waals surface area contributed by atoms with Gasteiger partial charge in [-0.05, 0) is 19.9 Å². The fourth-order valence-electron chi connectivity index (χ4n) is 1.51. The molecule has 0 fully saturated rings. The summed E-state index contributed by atoms with van der Waals surface area (Å²) in [6.45, 7) is 3.90. The van der Waals surface area contributed by atoms with Gasteiger partial charge < -0.3 is 5.11 Å². The fourth-order valence-corrected chi connectivity index (χ4v) is 1.51. The van der Waals surface area contributed by atoms with Gasteiger partial charge >= 0.3 is 0 Å². The second-order valence-electron chi connectivity index (χ2n) is 3.08. The Morgan fingerprint density at radius 3 is 2.92 bits per heavy atom. The van der Waals surface area contributed by atoms with Crippen molar-refractivity contribution in [3.8, 4) is 0 Å². The van der Waals surface area contributed by atoms with E-state index in [4.69, 9.17) is 5.11 Å². The molecule has 2 rings (SSSR count). The molecular formula is C9H11N3O. The molecule has 0 aliphatic carbocycles. The zero-order chi connectivity index (χ0) is 9.42. The first-order valence-corrected chi connectivity index (χ1v) is 4.14. The highest BCUT2D eigenvalue weighted by molar-refractivity contribution is 5.35. The van der Waals surface area contributed by atoms with E-state index in [0.29, 0.717) is 5.78 Å². The molecule has 0 aliphatic heterocycles. The van der Waals surface area contributed by atoms with Crippen LogP contribution in [-0.2, 0) is 6.61 Å². The zero-order valence-corrected chi connectivity index (χ0v) is 7.65. The van der Waals surface area contributed by atoms with Gasteiger partial charge in [0.1, 0.15) is 0 Å². The maximum absolute atomic E-state index is 9.03. The number of aryl methyl sites for hydroxylation is 2. The lowest BCUT2D eigenvalue weighted by atomic mass is 10.3. The van der Waals surface area contributed by atoms with Gasteiger partial charge in [0.15, 0.2) is 0 Å². The maximum Gasteiger partial charge on any atom is 0.234 e. The van der Waals surface area contributed by atoms with Crippen LogP contribution >= 0.6 is 0 Å². The number of aromatic nitrogens is 3.